The van der Waals surface area contributed by atoms with Crippen LogP contribution in [0, 0.1) is 6.92 Å². The zero-order valence-corrected chi connectivity index (χ0v) is 15.3. The Hall–Kier alpha value is -1.91. The molecular weight excluding hydrogens is 328 g/mol. The van der Waals surface area contributed by atoms with Crippen molar-refractivity contribution in [2.24, 2.45) is 0 Å². The number of benzene rings is 2. The molecule has 0 amide bonds. The Kier molecular flexibility index (Phi) is 3.75. The highest BCUT2D eigenvalue weighted by Gasteiger charge is 2.28. The lowest BCUT2D eigenvalue weighted by molar-refractivity contribution is 0.0791. The van der Waals surface area contributed by atoms with E-state index in [0.29, 0.717) is 0 Å². The summed E-state index contributed by atoms with van der Waals surface area (Å²) in [5, 5.41) is 1.31. The number of hydrogen-bond donors (Lipinski definition) is 0. The van der Waals surface area contributed by atoms with Crippen LogP contribution in [0.3, 0.4) is 0 Å². The summed E-state index contributed by atoms with van der Waals surface area (Å²) in [5.41, 5.74) is 2.62. The summed E-state index contributed by atoms with van der Waals surface area (Å²) >= 11 is 1.86. The van der Waals surface area contributed by atoms with Gasteiger partial charge in [-0.2, -0.15) is 0 Å². The van der Waals surface area contributed by atoms with Crippen LogP contribution in [0.15, 0.2) is 58.3 Å². The van der Waals surface area contributed by atoms with Crippen molar-refractivity contribution in [3.63, 3.8) is 0 Å². The van der Waals surface area contributed by atoms with E-state index in [2.05, 4.69) is 64.9 Å². The van der Waals surface area contributed by atoms with E-state index >= 15 is 0 Å². The second-order valence-electron chi connectivity index (χ2n) is 6.99. The Morgan fingerprint density at radius 2 is 1.92 bits per heavy atom. The number of hydrogen-bond acceptors (Lipinski definition) is 3. The molecule has 1 atom stereocenters. The van der Waals surface area contributed by atoms with Crippen molar-refractivity contribution in [3.05, 3.63) is 54.2 Å². The molecule has 1 fully saturated rings. The van der Waals surface area contributed by atoms with Gasteiger partial charge in [-0.1, -0.05) is 42.1 Å². The standard InChI is InChI=1S/C21H22N2OS/c1-15-21(25-17-7-3-2-4-8-17)18-9-5-10-19-20(18)23(15)14-16(24-19)13-22-11-6-12-22/h2-5,7-10,16H,6,11-14H2,1H3. The van der Waals surface area contributed by atoms with Gasteiger partial charge in [0, 0.05) is 27.4 Å². The fraction of sp³-hybridized carbons (Fsp3) is 0.333. The molecule has 3 heterocycles. The Bertz CT molecular complexity index is 915. The lowest BCUT2D eigenvalue weighted by atomic mass is 10.1. The third kappa shape index (κ3) is 2.64. The fourth-order valence-electron chi connectivity index (χ4n) is 3.90. The number of nitrogens with zero attached hydrogens (tertiary/aromatic N) is 2. The molecule has 1 saturated heterocycles. The van der Waals surface area contributed by atoms with E-state index in [-0.39, 0.29) is 6.10 Å². The Balaban J connectivity index is 1.54. The second-order valence-corrected chi connectivity index (χ2v) is 8.07. The molecule has 3 aromatic rings. The van der Waals surface area contributed by atoms with Crippen LogP contribution >= 0.6 is 11.8 Å². The second kappa shape index (κ2) is 6.11. The number of likely N-dealkylation sites (tertiary alicyclic amines) is 1. The van der Waals surface area contributed by atoms with E-state index < -0.39 is 0 Å². The van der Waals surface area contributed by atoms with E-state index in [1.54, 1.807) is 0 Å². The minimum atomic E-state index is 0.249. The van der Waals surface area contributed by atoms with E-state index in [0.717, 1.165) is 18.8 Å². The van der Waals surface area contributed by atoms with Gasteiger partial charge in [0.1, 0.15) is 11.9 Å². The molecule has 2 aliphatic heterocycles. The van der Waals surface area contributed by atoms with Gasteiger partial charge in [-0.05, 0) is 44.6 Å². The molecule has 3 nitrogen and oxygen atoms in total. The van der Waals surface area contributed by atoms with E-state index in [4.69, 9.17) is 4.74 Å². The number of rotatable bonds is 4. The van der Waals surface area contributed by atoms with E-state index in [9.17, 15) is 0 Å². The maximum Gasteiger partial charge on any atom is 0.144 e. The first-order chi connectivity index (χ1) is 12.3. The molecule has 0 N–H and O–H groups in total. The number of aromatic nitrogens is 1. The van der Waals surface area contributed by atoms with E-state index in [1.165, 1.54) is 45.9 Å². The first kappa shape index (κ1) is 15.4. The molecule has 0 saturated carbocycles. The highest BCUT2D eigenvalue weighted by atomic mass is 32.2. The largest absolute Gasteiger partial charge is 0.485 e. The zero-order valence-electron chi connectivity index (χ0n) is 14.4. The van der Waals surface area contributed by atoms with Gasteiger partial charge in [0.2, 0.25) is 0 Å². The van der Waals surface area contributed by atoms with Gasteiger partial charge in [-0.3, -0.25) is 4.90 Å². The third-order valence-corrected chi connectivity index (χ3v) is 6.53. The summed E-state index contributed by atoms with van der Waals surface area (Å²) in [5.74, 6) is 1.04. The molecule has 25 heavy (non-hydrogen) atoms. The third-order valence-electron chi connectivity index (χ3n) is 5.30. The molecule has 2 aromatic carbocycles. The van der Waals surface area contributed by atoms with Crippen molar-refractivity contribution in [2.75, 3.05) is 19.6 Å². The Labute approximate surface area is 152 Å². The van der Waals surface area contributed by atoms with Crippen LogP contribution in [-0.2, 0) is 6.54 Å². The normalized spacial score (nSPS) is 19.6. The number of ether oxygens (including phenoxy) is 1. The maximum absolute atomic E-state index is 6.36. The minimum Gasteiger partial charge on any atom is -0.485 e. The molecular formula is C21H22N2OS. The Morgan fingerprint density at radius 3 is 2.68 bits per heavy atom. The summed E-state index contributed by atoms with van der Waals surface area (Å²) in [6, 6.07) is 17.1. The molecule has 0 spiro atoms. The molecule has 1 unspecified atom stereocenters. The van der Waals surface area contributed by atoms with E-state index in [1.807, 2.05) is 11.8 Å². The minimum absolute atomic E-state index is 0.249. The average Bonchev–Trinajstić information content (AvgIpc) is 2.87. The zero-order chi connectivity index (χ0) is 16.8. The molecule has 4 heteroatoms. The van der Waals surface area contributed by atoms with Crippen LogP contribution in [0.2, 0.25) is 0 Å². The molecule has 0 bridgehead atoms. The van der Waals surface area contributed by atoms with Crippen molar-refractivity contribution in [2.45, 2.75) is 35.8 Å². The van der Waals surface area contributed by atoms with Gasteiger partial charge in [-0.15, -0.1) is 0 Å². The molecule has 0 radical (unpaired) electrons. The fourth-order valence-corrected chi connectivity index (χ4v) is 4.96. The van der Waals surface area contributed by atoms with Gasteiger partial charge >= 0.3 is 0 Å². The summed E-state index contributed by atoms with van der Waals surface area (Å²) in [4.78, 5) is 5.14. The predicted molar refractivity (Wildman–Crippen MR) is 103 cm³/mol. The van der Waals surface area contributed by atoms with Crippen LogP contribution in [0.4, 0.5) is 0 Å². The lowest BCUT2D eigenvalue weighted by Gasteiger charge is -2.36. The smallest absolute Gasteiger partial charge is 0.144 e. The first-order valence-corrected chi connectivity index (χ1v) is 9.85. The van der Waals surface area contributed by atoms with Crippen LogP contribution < -0.4 is 4.74 Å². The average molecular weight is 350 g/mol. The van der Waals surface area contributed by atoms with Gasteiger partial charge in [0.05, 0.1) is 12.1 Å². The molecule has 1 aromatic heterocycles. The van der Waals surface area contributed by atoms with Gasteiger partial charge in [0.15, 0.2) is 0 Å². The van der Waals surface area contributed by atoms with Crippen LogP contribution in [0.25, 0.3) is 10.9 Å². The van der Waals surface area contributed by atoms with Crippen molar-refractivity contribution < 1.29 is 4.74 Å². The lowest BCUT2D eigenvalue weighted by Crippen LogP contribution is -2.46. The number of para-hydroxylation sites is 1. The SMILES string of the molecule is Cc1c(Sc2ccccc2)c2cccc3c2n1CC(CN1CCC1)O3. The first-order valence-electron chi connectivity index (χ1n) is 9.03. The topological polar surface area (TPSA) is 17.4 Å². The summed E-state index contributed by atoms with van der Waals surface area (Å²) in [7, 11) is 0. The Morgan fingerprint density at radius 1 is 1.08 bits per heavy atom. The molecule has 2 aliphatic rings. The van der Waals surface area contributed by atoms with Gasteiger partial charge < -0.3 is 9.30 Å². The van der Waals surface area contributed by atoms with Crippen molar-refractivity contribution in [3.8, 4) is 5.75 Å². The maximum atomic E-state index is 6.36. The van der Waals surface area contributed by atoms with Crippen molar-refractivity contribution in [1.82, 2.24) is 9.47 Å². The molecule has 0 aliphatic carbocycles. The molecule has 128 valence electrons. The van der Waals surface area contributed by atoms with Crippen molar-refractivity contribution in [1.29, 1.82) is 0 Å². The summed E-state index contributed by atoms with van der Waals surface area (Å²) in [6.45, 7) is 6.67. The van der Waals surface area contributed by atoms with Gasteiger partial charge in [-0.25, -0.2) is 0 Å². The summed E-state index contributed by atoms with van der Waals surface area (Å²) in [6.07, 6.45) is 1.58. The predicted octanol–water partition coefficient (Wildman–Crippen LogP) is 4.57. The van der Waals surface area contributed by atoms with Crippen LogP contribution in [-0.4, -0.2) is 35.2 Å². The monoisotopic (exact) mass is 350 g/mol. The molecule has 5 rings (SSSR count). The van der Waals surface area contributed by atoms with Crippen molar-refractivity contribution >= 4 is 22.7 Å². The van der Waals surface area contributed by atoms with Crippen LogP contribution in [0.5, 0.6) is 5.75 Å². The van der Waals surface area contributed by atoms with Gasteiger partial charge in [0.25, 0.3) is 0 Å². The van der Waals surface area contributed by atoms with Crippen LogP contribution in [0.1, 0.15) is 12.1 Å². The highest BCUT2D eigenvalue weighted by molar-refractivity contribution is 7.99. The highest BCUT2D eigenvalue weighted by Crippen LogP contribution is 2.43. The quantitative estimate of drug-likeness (QED) is 0.686. The summed E-state index contributed by atoms with van der Waals surface area (Å²) < 4.78 is 8.83.